The molecule has 0 aliphatic carbocycles. The van der Waals surface area contributed by atoms with Crippen LogP contribution < -0.4 is 5.32 Å². The van der Waals surface area contributed by atoms with Crippen molar-refractivity contribution in [2.45, 2.75) is 59.8 Å². The van der Waals surface area contributed by atoms with E-state index >= 15 is 0 Å². The Morgan fingerprint density at radius 1 is 1.25 bits per heavy atom. The first kappa shape index (κ1) is 15.4. The van der Waals surface area contributed by atoms with Gasteiger partial charge in [-0.3, -0.25) is 0 Å². The van der Waals surface area contributed by atoms with E-state index in [9.17, 15) is 0 Å². The van der Waals surface area contributed by atoms with Gasteiger partial charge in [0.15, 0.2) is 0 Å². The van der Waals surface area contributed by atoms with Gasteiger partial charge in [0.25, 0.3) is 0 Å². The second-order valence-corrected chi connectivity index (χ2v) is 5.89. The fourth-order valence-corrected chi connectivity index (χ4v) is 1.71. The summed E-state index contributed by atoms with van der Waals surface area (Å²) in [6, 6.07) is 2.22. The second-order valence-electron chi connectivity index (χ2n) is 5.89. The van der Waals surface area contributed by atoms with E-state index in [1.807, 2.05) is 0 Å². The smallest absolute Gasteiger partial charge is 0.0621 e. The molecule has 0 aromatic rings. The number of nitriles is 1. The van der Waals surface area contributed by atoms with E-state index in [0.29, 0.717) is 6.42 Å². The van der Waals surface area contributed by atoms with Crippen LogP contribution in [0.1, 0.15) is 59.8 Å². The lowest BCUT2D eigenvalue weighted by atomic mass is 9.88. The molecule has 0 bridgehead atoms. The van der Waals surface area contributed by atoms with E-state index in [2.05, 4.69) is 39.1 Å². The summed E-state index contributed by atoms with van der Waals surface area (Å²) in [6.45, 7) is 11.1. The van der Waals surface area contributed by atoms with Gasteiger partial charge in [0.2, 0.25) is 0 Å². The molecular formula is C14H28N2. The highest BCUT2D eigenvalue weighted by atomic mass is 14.9. The van der Waals surface area contributed by atoms with Crippen molar-refractivity contribution in [2.75, 3.05) is 13.1 Å². The van der Waals surface area contributed by atoms with Crippen LogP contribution in [-0.4, -0.2) is 13.1 Å². The number of hydrogen-bond donors (Lipinski definition) is 1. The zero-order chi connectivity index (χ0) is 12.4. The molecule has 0 amide bonds. The third-order valence-electron chi connectivity index (χ3n) is 2.90. The molecule has 1 N–H and O–H groups in total. The average molecular weight is 224 g/mol. The molecule has 2 nitrogen and oxygen atoms in total. The van der Waals surface area contributed by atoms with Crippen molar-refractivity contribution in [2.24, 2.45) is 11.3 Å². The van der Waals surface area contributed by atoms with E-state index in [4.69, 9.17) is 5.26 Å². The molecule has 0 fully saturated rings. The minimum Gasteiger partial charge on any atom is -0.316 e. The summed E-state index contributed by atoms with van der Waals surface area (Å²) in [4.78, 5) is 0. The Kier molecular flexibility index (Phi) is 8.29. The fourth-order valence-electron chi connectivity index (χ4n) is 1.71. The van der Waals surface area contributed by atoms with Crippen molar-refractivity contribution in [3.8, 4) is 6.07 Å². The maximum absolute atomic E-state index is 8.55. The lowest BCUT2D eigenvalue weighted by molar-refractivity contribution is 0.316. The summed E-state index contributed by atoms with van der Waals surface area (Å²) in [7, 11) is 0. The highest BCUT2D eigenvalue weighted by Gasteiger charge is 2.16. The molecule has 0 aliphatic rings. The third-order valence-corrected chi connectivity index (χ3v) is 2.90. The van der Waals surface area contributed by atoms with Crippen LogP contribution in [0.5, 0.6) is 0 Å². The Bertz CT molecular complexity index is 201. The normalized spacial score (nSPS) is 11.8. The maximum atomic E-state index is 8.55. The molecule has 0 spiro atoms. The van der Waals surface area contributed by atoms with Crippen LogP contribution >= 0.6 is 0 Å². The monoisotopic (exact) mass is 224 g/mol. The van der Waals surface area contributed by atoms with E-state index in [1.54, 1.807) is 0 Å². The molecule has 0 rings (SSSR count). The molecule has 2 heteroatoms. The van der Waals surface area contributed by atoms with Crippen molar-refractivity contribution in [1.29, 1.82) is 5.26 Å². The summed E-state index contributed by atoms with van der Waals surface area (Å²) < 4.78 is 0. The number of rotatable bonds is 9. The first-order chi connectivity index (χ1) is 7.48. The van der Waals surface area contributed by atoms with Crippen LogP contribution in [0.2, 0.25) is 0 Å². The molecule has 0 unspecified atom stereocenters. The van der Waals surface area contributed by atoms with Crippen LogP contribution in [0.3, 0.4) is 0 Å². The molecule has 94 valence electrons. The van der Waals surface area contributed by atoms with Gasteiger partial charge < -0.3 is 5.32 Å². The van der Waals surface area contributed by atoms with Gasteiger partial charge in [-0.15, -0.1) is 0 Å². The second kappa shape index (κ2) is 8.58. The molecule has 0 aromatic heterocycles. The van der Waals surface area contributed by atoms with Crippen LogP contribution in [0.25, 0.3) is 0 Å². The molecule has 0 aliphatic heterocycles. The van der Waals surface area contributed by atoms with E-state index in [0.717, 1.165) is 25.4 Å². The third kappa shape index (κ3) is 9.98. The van der Waals surface area contributed by atoms with Crippen molar-refractivity contribution in [3.05, 3.63) is 0 Å². The zero-order valence-corrected chi connectivity index (χ0v) is 11.5. The molecule has 0 saturated heterocycles. The Morgan fingerprint density at radius 3 is 2.50 bits per heavy atom. The van der Waals surface area contributed by atoms with Gasteiger partial charge in [0.1, 0.15) is 0 Å². The molecule has 0 radical (unpaired) electrons. The Labute approximate surface area is 101 Å². The standard InChI is InChI=1S/C14H28N2/c1-13(2)8-5-6-11-16-12-14(3,4)9-7-10-15/h13,16H,5-9,11-12H2,1-4H3. The number of unbranched alkanes of at least 4 members (excludes halogenated alkanes) is 1. The molecule has 0 atom stereocenters. The van der Waals surface area contributed by atoms with Gasteiger partial charge in [-0.25, -0.2) is 0 Å². The van der Waals surface area contributed by atoms with E-state index in [1.165, 1.54) is 19.3 Å². The predicted octanol–water partition coefficient (Wildman–Crippen LogP) is 3.73. The SMILES string of the molecule is CC(C)CCCCNCC(C)(C)CCC#N. The lowest BCUT2D eigenvalue weighted by Gasteiger charge is -2.23. The van der Waals surface area contributed by atoms with Gasteiger partial charge >= 0.3 is 0 Å². The minimum absolute atomic E-state index is 0.258. The van der Waals surface area contributed by atoms with Crippen LogP contribution in [-0.2, 0) is 0 Å². The van der Waals surface area contributed by atoms with Gasteiger partial charge in [-0.05, 0) is 30.7 Å². The average Bonchev–Trinajstić information content (AvgIpc) is 2.20. The quantitative estimate of drug-likeness (QED) is 0.606. The number of hydrogen-bond acceptors (Lipinski definition) is 2. The Hall–Kier alpha value is -0.550. The van der Waals surface area contributed by atoms with E-state index in [-0.39, 0.29) is 5.41 Å². The molecule has 0 aromatic carbocycles. The molecule has 0 saturated carbocycles. The highest BCUT2D eigenvalue weighted by molar-refractivity contribution is 4.78. The van der Waals surface area contributed by atoms with Gasteiger partial charge in [-0.1, -0.05) is 40.5 Å². The van der Waals surface area contributed by atoms with Crippen LogP contribution in [0, 0.1) is 22.7 Å². The van der Waals surface area contributed by atoms with Crippen molar-refractivity contribution in [3.63, 3.8) is 0 Å². The summed E-state index contributed by atoms with van der Waals surface area (Å²) >= 11 is 0. The zero-order valence-electron chi connectivity index (χ0n) is 11.5. The van der Waals surface area contributed by atoms with Crippen LogP contribution in [0.4, 0.5) is 0 Å². The van der Waals surface area contributed by atoms with Crippen molar-refractivity contribution in [1.82, 2.24) is 5.32 Å². The summed E-state index contributed by atoms with van der Waals surface area (Å²) in [5.74, 6) is 0.826. The largest absolute Gasteiger partial charge is 0.316 e. The van der Waals surface area contributed by atoms with Crippen molar-refractivity contribution < 1.29 is 0 Å². The predicted molar refractivity (Wildman–Crippen MR) is 70.2 cm³/mol. The molecule has 0 heterocycles. The topological polar surface area (TPSA) is 35.8 Å². The minimum atomic E-state index is 0.258. The fraction of sp³-hybridized carbons (Fsp3) is 0.929. The molecular weight excluding hydrogens is 196 g/mol. The van der Waals surface area contributed by atoms with Crippen molar-refractivity contribution >= 4 is 0 Å². The Balaban J connectivity index is 3.40. The summed E-state index contributed by atoms with van der Waals surface area (Å²) in [5.41, 5.74) is 0.258. The Morgan fingerprint density at radius 2 is 1.94 bits per heavy atom. The van der Waals surface area contributed by atoms with E-state index < -0.39 is 0 Å². The van der Waals surface area contributed by atoms with Gasteiger partial charge in [0, 0.05) is 13.0 Å². The summed E-state index contributed by atoms with van der Waals surface area (Å²) in [5, 5.41) is 12.1. The van der Waals surface area contributed by atoms with Crippen LogP contribution in [0.15, 0.2) is 0 Å². The number of nitrogens with zero attached hydrogens (tertiary/aromatic N) is 1. The molecule has 16 heavy (non-hydrogen) atoms. The first-order valence-electron chi connectivity index (χ1n) is 6.55. The summed E-state index contributed by atoms with van der Waals surface area (Å²) in [6.07, 6.45) is 5.58. The lowest BCUT2D eigenvalue weighted by Crippen LogP contribution is -2.30. The number of nitrogens with one attached hydrogen (secondary N) is 1. The maximum Gasteiger partial charge on any atom is 0.0621 e. The van der Waals surface area contributed by atoms with Gasteiger partial charge in [-0.2, -0.15) is 5.26 Å². The highest BCUT2D eigenvalue weighted by Crippen LogP contribution is 2.20. The van der Waals surface area contributed by atoms with Gasteiger partial charge in [0.05, 0.1) is 6.07 Å². The first-order valence-corrected chi connectivity index (χ1v) is 6.55.